The molecule has 8 nitrogen and oxygen atoms in total. The molecular weight excluding hydrogens is 454 g/mol. The molecule has 0 unspecified atom stereocenters. The van der Waals surface area contributed by atoms with Crippen LogP contribution < -0.4 is 20.1 Å². The van der Waals surface area contributed by atoms with Gasteiger partial charge in [-0.25, -0.2) is 8.42 Å². The minimum atomic E-state index is -3.56. The third kappa shape index (κ3) is 5.37. The number of nitrogens with one attached hydrogen (secondary N) is 2. The summed E-state index contributed by atoms with van der Waals surface area (Å²) in [6.07, 6.45) is 5.10. The molecule has 1 fully saturated rings. The second-order valence-electron chi connectivity index (χ2n) is 9.43. The Morgan fingerprint density at radius 3 is 2.41 bits per heavy atom. The number of hydrogen-bond donors (Lipinski definition) is 2. The lowest BCUT2D eigenvalue weighted by Crippen LogP contribution is -2.41. The molecule has 34 heavy (non-hydrogen) atoms. The van der Waals surface area contributed by atoms with E-state index in [0.29, 0.717) is 17.2 Å². The van der Waals surface area contributed by atoms with E-state index in [-0.39, 0.29) is 30.2 Å². The van der Waals surface area contributed by atoms with E-state index in [4.69, 9.17) is 9.47 Å². The van der Waals surface area contributed by atoms with E-state index >= 15 is 0 Å². The first-order chi connectivity index (χ1) is 16.2. The van der Waals surface area contributed by atoms with Gasteiger partial charge in [0.2, 0.25) is 22.7 Å². The van der Waals surface area contributed by atoms with Crippen LogP contribution >= 0.6 is 0 Å². The molecule has 0 saturated heterocycles. The Hall–Kier alpha value is -2.62. The zero-order valence-electron chi connectivity index (χ0n) is 20.0. The normalized spacial score (nSPS) is 16.6. The number of rotatable bonds is 8. The lowest BCUT2D eigenvalue weighted by atomic mass is 9.94. The van der Waals surface area contributed by atoms with E-state index in [9.17, 15) is 13.2 Å². The number of carbonyl (C=O) groups is 1. The quantitative estimate of drug-likeness (QED) is 0.587. The average molecular weight is 488 g/mol. The van der Waals surface area contributed by atoms with Gasteiger partial charge in [-0.1, -0.05) is 25.3 Å². The fourth-order valence-electron chi connectivity index (χ4n) is 4.41. The van der Waals surface area contributed by atoms with Gasteiger partial charge >= 0.3 is 0 Å². The highest BCUT2D eigenvalue weighted by Gasteiger charge is 2.29. The number of hydrogen-bond acceptors (Lipinski definition) is 6. The Kier molecular flexibility index (Phi) is 7.16. The molecule has 1 aliphatic heterocycles. The van der Waals surface area contributed by atoms with Crippen molar-refractivity contribution in [1.29, 1.82) is 0 Å². The summed E-state index contributed by atoms with van der Waals surface area (Å²) in [5, 5.41) is 6.09. The molecule has 4 rings (SSSR count). The number of nitrogens with zero attached hydrogens (tertiary/aromatic N) is 1. The van der Waals surface area contributed by atoms with Crippen molar-refractivity contribution in [3.05, 3.63) is 48.0 Å². The molecule has 2 N–H and O–H groups in total. The SMILES string of the molecule is CN(C1CCCCC1)S(=O)(=O)c1ccc(NC(=O)CNC(C)(C)c2ccc3c(c2)OCO3)cc1. The molecule has 1 amide bonds. The van der Waals surface area contributed by atoms with Crippen LogP contribution in [-0.4, -0.2) is 45.1 Å². The van der Waals surface area contributed by atoms with Crippen LogP contribution in [0.4, 0.5) is 5.69 Å². The van der Waals surface area contributed by atoms with Gasteiger partial charge in [0.25, 0.3) is 0 Å². The summed E-state index contributed by atoms with van der Waals surface area (Å²) in [4.78, 5) is 12.8. The number of carbonyl (C=O) groups excluding carboxylic acids is 1. The number of fused-ring (bicyclic) bond motifs is 1. The zero-order chi connectivity index (χ0) is 24.3. The van der Waals surface area contributed by atoms with Gasteiger partial charge < -0.3 is 14.8 Å². The van der Waals surface area contributed by atoms with E-state index in [0.717, 1.165) is 31.2 Å². The van der Waals surface area contributed by atoms with Gasteiger partial charge in [-0.05, 0) is 68.7 Å². The van der Waals surface area contributed by atoms with Crippen molar-refractivity contribution >= 4 is 21.6 Å². The number of ether oxygens (including phenoxy) is 2. The Bertz CT molecular complexity index is 1130. The minimum Gasteiger partial charge on any atom is -0.454 e. The smallest absolute Gasteiger partial charge is 0.243 e. The van der Waals surface area contributed by atoms with Crippen molar-refractivity contribution in [2.24, 2.45) is 0 Å². The molecule has 1 aliphatic carbocycles. The zero-order valence-corrected chi connectivity index (χ0v) is 20.8. The summed E-state index contributed by atoms with van der Waals surface area (Å²) in [5.74, 6) is 1.19. The van der Waals surface area contributed by atoms with Gasteiger partial charge in [0.15, 0.2) is 11.5 Å². The maximum atomic E-state index is 13.0. The van der Waals surface area contributed by atoms with Crippen molar-refractivity contribution in [3.63, 3.8) is 0 Å². The molecule has 1 heterocycles. The van der Waals surface area contributed by atoms with E-state index < -0.39 is 15.6 Å². The predicted molar refractivity (Wildman–Crippen MR) is 130 cm³/mol. The van der Waals surface area contributed by atoms with Crippen molar-refractivity contribution in [2.75, 3.05) is 25.7 Å². The van der Waals surface area contributed by atoms with Crippen molar-refractivity contribution in [3.8, 4) is 11.5 Å². The van der Waals surface area contributed by atoms with E-state index in [2.05, 4.69) is 10.6 Å². The lowest BCUT2D eigenvalue weighted by molar-refractivity contribution is -0.115. The van der Waals surface area contributed by atoms with Crippen LogP contribution in [0.15, 0.2) is 47.4 Å². The van der Waals surface area contributed by atoms with Gasteiger partial charge in [0.1, 0.15) is 0 Å². The Balaban J connectivity index is 1.33. The van der Waals surface area contributed by atoms with Crippen molar-refractivity contribution in [1.82, 2.24) is 9.62 Å². The molecule has 0 radical (unpaired) electrons. The molecule has 0 spiro atoms. The first-order valence-corrected chi connectivity index (χ1v) is 13.1. The molecule has 0 aromatic heterocycles. The van der Waals surface area contributed by atoms with Gasteiger partial charge in [-0.3, -0.25) is 10.1 Å². The summed E-state index contributed by atoms with van der Waals surface area (Å²) >= 11 is 0. The van der Waals surface area contributed by atoms with Crippen LogP contribution in [0.2, 0.25) is 0 Å². The van der Waals surface area contributed by atoms with Crippen LogP contribution in [0.25, 0.3) is 0 Å². The Morgan fingerprint density at radius 1 is 1.03 bits per heavy atom. The number of amides is 1. The molecule has 0 atom stereocenters. The largest absolute Gasteiger partial charge is 0.454 e. The summed E-state index contributed by atoms with van der Waals surface area (Å²) in [6, 6.07) is 12.1. The molecule has 184 valence electrons. The maximum absolute atomic E-state index is 13.0. The van der Waals surface area contributed by atoms with Crippen LogP contribution in [0, 0.1) is 0 Å². The molecular formula is C25H33N3O5S. The van der Waals surface area contributed by atoms with Crippen molar-refractivity contribution < 1.29 is 22.7 Å². The van der Waals surface area contributed by atoms with Gasteiger partial charge in [-0.15, -0.1) is 0 Å². The summed E-state index contributed by atoms with van der Waals surface area (Å²) in [5.41, 5.74) is 1.05. The number of sulfonamides is 1. The first kappa shape index (κ1) is 24.5. The Labute approximate surface area is 201 Å². The second-order valence-corrected chi connectivity index (χ2v) is 11.4. The monoisotopic (exact) mass is 487 g/mol. The van der Waals surface area contributed by atoms with E-state index in [1.54, 1.807) is 31.3 Å². The Morgan fingerprint density at radius 2 is 1.71 bits per heavy atom. The van der Waals surface area contributed by atoms with Crippen LogP contribution in [0.1, 0.15) is 51.5 Å². The highest BCUT2D eigenvalue weighted by molar-refractivity contribution is 7.89. The molecule has 1 saturated carbocycles. The fourth-order valence-corrected chi connectivity index (χ4v) is 5.83. The average Bonchev–Trinajstić information content (AvgIpc) is 3.31. The molecule has 9 heteroatoms. The second kappa shape index (κ2) is 9.93. The summed E-state index contributed by atoms with van der Waals surface area (Å²) in [6.45, 7) is 4.28. The fraction of sp³-hybridized carbons (Fsp3) is 0.480. The summed E-state index contributed by atoms with van der Waals surface area (Å²) in [7, 11) is -1.90. The van der Waals surface area contributed by atoms with E-state index in [1.807, 2.05) is 32.0 Å². The maximum Gasteiger partial charge on any atom is 0.243 e. The predicted octanol–water partition coefficient (Wildman–Crippen LogP) is 3.83. The molecule has 2 aromatic rings. The van der Waals surface area contributed by atoms with Crippen LogP contribution in [0.3, 0.4) is 0 Å². The van der Waals surface area contributed by atoms with Crippen LogP contribution in [0.5, 0.6) is 11.5 Å². The van der Waals surface area contributed by atoms with Gasteiger partial charge in [0, 0.05) is 24.3 Å². The van der Waals surface area contributed by atoms with E-state index in [1.165, 1.54) is 10.7 Å². The third-order valence-electron chi connectivity index (χ3n) is 6.69. The lowest BCUT2D eigenvalue weighted by Gasteiger charge is -2.30. The molecule has 2 aliphatic rings. The minimum absolute atomic E-state index is 0.0531. The highest BCUT2D eigenvalue weighted by atomic mass is 32.2. The standard InChI is InChI=1S/C25H33N3O5S/c1-25(2,18-9-14-22-23(15-18)33-17-32-22)26-16-24(29)27-19-10-12-21(13-11-19)34(30,31)28(3)20-7-5-4-6-8-20/h9-15,20,26H,4-8,16-17H2,1-3H3,(H,27,29). The third-order valence-corrected chi connectivity index (χ3v) is 8.61. The van der Waals surface area contributed by atoms with Crippen LogP contribution in [-0.2, 0) is 20.4 Å². The molecule has 0 bridgehead atoms. The summed E-state index contributed by atoms with van der Waals surface area (Å²) < 4.78 is 38.3. The highest BCUT2D eigenvalue weighted by Crippen LogP contribution is 2.35. The number of anilines is 1. The van der Waals surface area contributed by atoms with Gasteiger partial charge in [-0.2, -0.15) is 4.31 Å². The first-order valence-electron chi connectivity index (χ1n) is 11.7. The van der Waals surface area contributed by atoms with Gasteiger partial charge in [0.05, 0.1) is 11.4 Å². The van der Waals surface area contributed by atoms with Crippen molar-refractivity contribution in [2.45, 2.75) is 62.4 Å². The molecule has 2 aromatic carbocycles. The number of benzene rings is 2. The topological polar surface area (TPSA) is 97.0 Å².